The van der Waals surface area contributed by atoms with E-state index in [1.54, 1.807) is 20.1 Å². The molecule has 7 heteroatoms. The van der Waals surface area contributed by atoms with E-state index in [0.29, 0.717) is 17.4 Å². The van der Waals surface area contributed by atoms with Crippen molar-refractivity contribution in [1.82, 2.24) is 0 Å². The standard InChI is InChI=1S/C18H26BClO5/c1-7-23-15(21)11-13(12-9-8-10-14(22-6)16(12)20)19-24-17(2,3)18(4,5)25-19/h8-10,13H,7,11H2,1-6H3. The highest BCUT2D eigenvalue weighted by atomic mass is 35.5. The Bertz CT molecular complexity index is 616. The lowest BCUT2D eigenvalue weighted by atomic mass is 9.66. The number of esters is 1. The summed E-state index contributed by atoms with van der Waals surface area (Å²) < 4.78 is 22.7. The van der Waals surface area contributed by atoms with Gasteiger partial charge in [-0.05, 0) is 46.2 Å². The maximum absolute atomic E-state index is 12.2. The molecule has 1 aromatic carbocycles. The third-order valence-corrected chi connectivity index (χ3v) is 5.31. The van der Waals surface area contributed by atoms with Crippen LogP contribution in [0.2, 0.25) is 5.02 Å². The molecule has 1 aromatic rings. The highest BCUT2D eigenvalue weighted by Gasteiger charge is 2.54. The second kappa shape index (κ2) is 7.56. The molecular formula is C18H26BClO5. The van der Waals surface area contributed by atoms with Crippen LogP contribution in [0.4, 0.5) is 0 Å². The van der Waals surface area contributed by atoms with Crippen molar-refractivity contribution in [2.45, 2.75) is 58.1 Å². The summed E-state index contributed by atoms with van der Waals surface area (Å²) in [5.41, 5.74) is -0.265. The van der Waals surface area contributed by atoms with Crippen molar-refractivity contribution < 1.29 is 23.6 Å². The molecule has 0 aliphatic carbocycles. The zero-order valence-electron chi connectivity index (χ0n) is 15.7. The summed E-state index contributed by atoms with van der Waals surface area (Å²) in [6, 6.07) is 5.47. The Morgan fingerprint density at radius 2 is 1.84 bits per heavy atom. The van der Waals surface area contributed by atoms with Crippen molar-refractivity contribution in [3.8, 4) is 5.75 Å². The molecule has 1 heterocycles. The minimum atomic E-state index is -0.612. The molecule has 1 unspecified atom stereocenters. The lowest BCUT2D eigenvalue weighted by Crippen LogP contribution is -2.41. The van der Waals surface area contributed by atoms with Gasteiger partial charge in [0.05, 0.1) is 36.4 Å². The summed E-state index contributed by atoms with van der Waals surface area (Å²) in [6.45, 7) is 9.99. The van der Waals surface area contributed by atoms with E-state index in [-0.39, 0.29) is 12.4 Å². The summed E-state index contributed by atoms with van der Waals surface area (Å²) in [4.78, 5) is 12.2. The predicted molar refractivity (Wildman–Crippen MR) is 98.1 cm³/mol. The molecule has 0 spiro atoms. The SMILES string of the molecule is CCOC(=O)CC(B1OC(C)(C)C(C)(C)O1)c1cccc(OC)c1Cl. The van der Waals surface area contributed by atoms with E-state index >= 15 is 0 Å². The van der Waals surface area contributed by atoms with E-state index in [1.165, 1.54) is 0 Å². The van der Waals surface area contributed by atoms with Gasteiger partial charge in [-0.1, -0.05) is 23.7 Å². The monoisotopic (exact) mass is 368 g/mol. The summed E-state index contributed by atoms with van der Waals surface area (Å²) >= 11 is 6.50. The molecular weight excluding hydrogens is 342 g/mol. The first-order chi connectivity index (χ1) is 11.6. The highest BCUT2D eigenvalue weighted by Crippen LogP contribution is 2.44. The van der Waals surface area contributed by atoms with Gasteiger partial charge >= 0.3 is 13.1 Å². The van der Waals surface area contributed by atoms with Crippen LogP contribution in [0.5, 0.6) is 5.75 Å². The normalized spacial score (nSPS) is 19.6. The lowest BCUT2D eigenvalue weighted by Gasteiger charge is -2.32. The van der Waals surface area contributed by atoms with Crippen LogP contribution in [0.1, 0.15) is 52.4 Å². The molecule has 1 aliphatic heterocycles. The molecule has 2 rings (SSSR count). The maximum Gasteiger partial charge on any atom is 0.466 e. The largest absolute Gasteiger partial charge is 0.495 e. The van der Waals surface area contributed by atoms with Crippen molar-refractivity contribution in [2.75, 3.05) is 13.7 Å². The molecule has 1 aliphatic rings. The van der Waals surface area contributed by atoms with Gasteiger partial charge in [-0.25, -0.2) is 0 Å². The fraction of sp³-hybridized carbons (Fsp3) is 0.611. The van der Waals surface area contributed by atoms with Crippen LogP contribution in [-0.4, -0.2) is 38.0 Å². The fourth-order valence-corrected chi connectivity index (χ4v) is 3.12. The Kier molecular flexibility index (Phi) is 6.07. The van der Waals surface area contributed by atoms with Crippen molar-refractivity contribution in [2.24, 2.45) is 0 Å². The van der Waals surface area contributed by atoms with Gasteiger partial charge in [0, 0.05) is 5.82 Å². The number of carbonyl (C=O) groups is 1. The first kappa shape index (κ1) is 20.1. The van der Waals surface area contributed by atoms with Crippen molar-refractivity contribution >= 4 is 24.7 Å². The number of hydrogen-bond acceptors (Lipinski definition) is 5. The van der Waals surface area contributed by atoms with Gasteiger partial charge in [0.1, 0.15) is 5.75 Å². The Morgan fingerprint density at radius 3 is 2.36 bits per heavy atom. The van der Waals surface area contributed by atoms with Gasteiger partial charge in [0.2, 0.25) is 0 Å². The lowest BCUT2D eigenvalue weighted by molar-refractivity contribution is -0.143. The summed E-state index contributed by atoms with van der Waals surface area (Å²) in [5, 5.41) is 0.453. The molecule has 0 bridgehead atoms. The Hall–Kier alpha value is -1.24. The molecule has 138 valence electrons. The van der Waals surface area contributed by atoms with Gasteiger partial charge < -0.3 is 18.8 Å². The minimum absolute atomic E-state index is 0.109. The van der Waals surface area contributed by atoms with Crippen LogP contribution in [0.25, 0.3) is 0 Å². The predicted octanol–water partition coefficient (Wildman–Crippen LogP) is 4.02. The van der Waals surface area contributed by atoms with Crippen molar-refractivity contribution in [1.29, 1.82) is 0 Å². The second-order valence-corrected chi connectivity index (χ2v) is 7.48. The van der Waals surface area contributed by atoms with Gasteiger partial charge in [-0.3, -0.25) is 4.79 Å². The molecule has 5 nitrogen and oxygen atoms in total. The number of benzene rings is 1. The van der Waals surface area contributed by atoms with Crippen LogP contribution < -0.4 is 4.74 Å². The molecule has 1 atom stereocenters. The number of methoxy groups -OCH3 is 1. The van der Waals surface area contributed by atoms with Crippen LogP contribution in [0.15, 0.2) is 18.2 Å². The number of ether oxygens (including phenoxy) is 2. The van der Waals surface area contributed by atoms with Crippen LogP contribution in [0.3, 0.4) is 0 Å². The maximum atomic E-state index is 12.2. The van der Waals surface area contributed by atoms with E-state index in [0.717, 1.165) is 5.56 Å². The summed E-state index contributed by atoms with van der Waals surface area (Å²) in [5.74, 6) is -0.173. The van der Waals surface area contributed by atoms with E-state index in [4.69, 9.17) is 30.4 Å². The Morgan fingerprint density at radius 1 is 1.24 bits per heavy atom. The smallest absolute Gasteiger partial charge is 0.466 e. The van der Waals surface area contributed by atoms with Gasteiger partial charge in [-0.2, -0.15) is 0 Å². The molecule has 0 saturated carbocycles. The average molecular weight is 369 g/mol. The third-order valence-electron chi connectivity index (χ3n) is 4.90. The third kappa shape index (κ3) is 4.13. The van der Waals surface area contributed by atoms with Gasteiger partial charge in [-0.15, -0.1) is 0 Å². The minimum Gasteiger partial charge on any atom is -0.495 e. The molecule has 0 radical (unpaired) electrons. The quantitative estimate of drug-likeness (QED) is 0.561. The topological polar surface area (TPSA) is 54.0 Å². The second-order valence-electron chi connectivity index (χ2n) is 7.10. The highest BCUT2D eigenvalue weighted by molar-refractivity contribution is 6.48. The zero-order valence-corrected chi connectivity index (χ0v) is 16.5. The van der Waals surface area contributed by atoms with Gasteiger partial charge in [0.15, 0.2) is 0 Å². The molecule has 0 N–H and O–H groups in total. The average Bonchev–Trinajstić information content (AvgIpc) is 2.74. The van der Waals surface area contributed by atoms with E-state index in [1.807, 2.05) is 39.8 Å². The van der Waals surface area contributed by atoms with Crippen LogP contribution in [0, 0.1) is 0 Å². The molecule has 0 amide bonds. The van der Waals surface area contributed by atoms with Crippen LogP contribution >= 0.6 is 11.6 Å². The molecule has 0 aromatic heterocycles. The number of halogens is 1. The van der Waals surface area contributed by atoms with Crippen molar-refractivity contribution in [3.63, 3.8) is 0 Å². The van der Waals surface area contributed by atoms with E-state index in [2.05, 4.69) is 0 Å². The number of rotatable bonds is 6. The molecule has 25 heavy (non-hydrogen) atoms. The van der Waals surface area contributed by atoms with Gasteiger partial charge in [0.25, 0.3) is 0 Å². The number of carbonyl (C=O) groups excluding carboxylic acids is 1. The Labute approximate surface area is 155 Å². The summed E-state index contributed by atoms with van der Waals surface area (Å²) in [6.07, 6.45) is 0.109. The first-order valence-corrected chi connectivity index (χ1v) is 8.84. The molecule has 1 saturated heterocycles. The summed E-state index contributed by atoms with van der Waals surface area (Å²) in [7, 11) is 0.944. The Balaban J connectivity index is 2.40. The molecule has 1 fully saturated rings. The van der Waals surface area contributed by atoms with Crippen LogP contribution in [-0.2, 0) is 18.8 Å². The van der Waals surface area contributed by atoms with Crippen molar-refractivity contribution in [3.05, 3.63) is 28.8 Å². The van der Waals surface area contributed by atoms with E-state index in [9.17, 15) is 4.79 Å². The number of hydrogen-bond donors (Lipinski definition) is 0. The zero-order chi connectivity index (χ0) is 18.8. The fourth-order valence-electron chi connectivity index (χ4n) is 2.78. The van der Waals surface area contributed by atoms with E-state index < -0.39 is 24.1 Å². The first-order valence-electron chi connectivity index (χ1n) is 8.46.